The highest BCUT2D eigenvalue weighted by atomic mass is 79.9. The van der Waals surface area contributed by atoms with Gasteiger partial charge in [0.15, 0.2) is 5.82 Å². The summed E-state index contributed by atoms with van der Waals surface area (Å²) in [4.78, 5) is 6.29. The minimum atomic E-state index is -0.0372. The van der Waals surface area contributed by atoms with E-state index in [-0.39, 0.29) is 5.92 Å². The van der Waals surface area contributed by atoms with Crippen LogP contribution < -0.4 is 10.6 Å². The van der Waals surface area contributed by atoms with E-state index in [2.05, 4.69) is 27.0 Å². The van der Waals surface area contributed by atoms with Gasteiger partial charge in [0.25, 0.3) is 0 Å². The molecule has 0 aliphatic heterocycles. The maximum atomic E-state index is 8.80. The van der Waals surface area contributed by atoms with Crippen LogP contribution in [0, 0.1) is 17.2 Å². The average Bonchev–Trinajstić information content (AvgIpc) is 2.26. The number of nitrogens with two attached hydrogens (primary N) is 1. The normalized spacial score (nSPS) is 11.9. The van der Waals surface area contributed by atoms with Crippen LogP contribution in [0.3, 0.4) is 0 Å². The van der Waals surface area contributed by atoms with Gasteiger partial charge in [-0.05, 0) is 35.8 Å². The monoisotopic (exact) mass is 282 g/mol. The van der Waals surface area contributed by atoms with E-state index in [9.17, 15) is 0 Å². The molecule has 0 aliphatic carbocycles. The molecule has 0 fully saturated rings. The Bertz CT molecular complexity index is 399. The summed E-state index contributed by atoms with van der Waals surface area (Å²) in [6, 6.07) is 4.03. The minimum Gasteiger partial charge on any atom is -0.396 e. The van der Waals surface area contributed by atoms with Crippen molar-refractivity contribution in [3.63, 3.8) is 0 Å². The van der Waals surface area contributed by atoms with E-state index < -0.39 is 0 Å². The standard InChI is InChI=1S/C11H15BrN4/c1-3-16(7-8(2)5-13)11-10(14)4-9(12)6-15-11/h4,6,8H,3,7,14H2,1-2H3. The van der Waals surface area contributed by atoms with Crippen molar-refractivity contribution >= 4 is 27.4 Å². The van der Waals surface area contributed by atoms with Gasteiger partial charge in [0.1, 0.15) is 0 Å². The van der Waals surface area contributed by atoms with Crippen molar-refractivity contribution in [3.8, 4) is 6.07 Å². The quantitative estimate of drug-likeness (QED) is 0.921. The minimum absolute atomic E-state index is 0.0372. The van der Waals surface area contributed by atoms with Crippen LogP contribution in [0.1, 0.15) is 13.8 Å². The van der Waals surface area contributed by atoms with Crippen molar-refractivity contribution < 1.29 is 0 Å². The molecule has 0 bridgehead atoms. The smallest absolute Gasteiger partial charge is 0.151 e. The van der Waals surface area contributed by atoms with E-state index in [1.165, 1.54) is 0 Å². The van der Waals surface area contributed by atoms with Crippen LogP contribution >= 0.6 is 15.9 Å². The van der Waals surface area contributed by atoms with Crippen molar-refractivity contribution in [3.05, 3.63) is 16.7 Å². The summed E-state index contributed by atoms with van der Waals surface area (Å²) in [5.74, 6) is 0.706. The second-order valence-corrected chi connectivity index (χ2v) is 4.55. The van der Waals surface area contributed by atoms with Gasteiger partial charge >= 0.3 is 0 Å². The first-order chi connectivity index (χ1) is 7.58. The first-order valence-electron chi connectivity index (χ1n) is 5.14. The summed E-state index contributed by atoms with van der Waals surface area (Å²) in [6.45, 7) is 5.33. The molecule has 0 aromatic carbocycles. The van der Waals surface area contributed by atoms with Crippen LogP contribution in [0.5, 0.6) is 0 Å². The number of hydrogen-bond acceptors (Lipinski definition) is 4. The molecule has 1 aromatic heterocycles. The number of anilines is 2. The van der Waals surface area contributed by atoms with E-state index in [1.54, 1.807) is 6.20 Å². The van der Waals surface area contributed by atoms with Crippen LogP contribution in [0.2, 0.25) is 0 Å². The molecule has 86 valence electrons. The molecule has 0 spiro atoms. The van der Waals surface area contributed by atoms with Gasteiger partial charge < -0.3 is 10.6 Å². The highest BCUT2D eigenvalue weighted by Crippen LogP contribution is 2.24. The molecule has 0 radical (unpaired) electrons. The molecule has 0 saturated heterocycles. The molecule has 16 heavy (non-hydrogen) atoms. The lowest BCUT2D eigenvalue weighted by Crippen LogP contribution is -2.29. The predicted molar refractivity (Wildman–Crippen MR) is 69.0 cm³/mol. The van der Waals surface area contributed by atoms with E-state index in [0.29, 0.717) is 12.2 Å². The van der Waals surface area contributed by atoms with Gasteiger partial charge in [-0.1, -0.05) is 0 Å². The molecule has 0 aliphatic rings. The van der Waals surface area contributed by atoms with Gasteiger partial charge in [0.2, 0.25) is 0 Å². The molecule has 4 nitrogen and oxygen atoms in total. The zero-order chi connectivity index (χ0) is 12.1. The highest BCUT2D eigenvalue weighted by molar-refractivity contribution is 9.10. The third-order valence-corrected chi connectivity index (χ3v) is 2.69. The number of aromatic nitrogens is 1. The lowest BCUT2D eigenvalue weighted by molar-refractivity contribution is 0.680. The molecule has 0 amide bonds. The van der Waals surface area contributed by atoms with Gasteiger partial charge in [-0.3, -0.25) is 0 Å². The largest absolute Gasteiger partial charge is 0.396 e. The first-order valence-corrected chi connectivity index (χ1v) is 5.93. The Morgan fingerprint density at radius 3 is 2.88 bits per heavy atom. The van der Waals surface area contributed by atoms with Crippen molar-refractivity contribution in [2.24, 2.45) is 5.92 Å². The van der Waals surface area contributed by atoms with Crippen molar-refractivity contribution in [2.45, 2.75) is 13.8 Å². The molecule has 1 aromatic rings. The summed E-state index contributed by atoms with van der Waals surface area (Å²) >= 11 is 3.32. The second-order valence-electron chi connectivity index (χ2n) is 3.64. The maximum Gasteiger partial charge on any atom is 0.151 e. The number of halogens is 1. The van der Waals surface area contributed by atoms with Gasteiger partial charge in [0, 0.05) is 23.8 Å². The Morgan fingerprint density at radius 1 is 1.69 bits per heavy atom. The number of nitrogens with zero attached hydrogens (tertiary/aromatic N) is 3. The topological polar surface area (TPSA) is 65.9 Å². The van der Waals surface area contributed by atoms with Crippen LogP contribution in [0.15, 0.2) is 16.7 Å². The highest BCUT2D eigenvalue weighted by Gasteiger charge is 2.13. The van der Waals surface area contributed by atoms with Gasteiger partial charge in [0.05, 0.1) is 17.7 Å². The zero-order valence-electron chi connectivity index (χ0n) is 9.44. The van der Waals surface area contributed by atoms with E-state index in [1.807, 2.05) is 24.8 Å². The predicted octanol–water partition coefficient (Wildman–Crippen LogP) is 2.41. The summed E-state index contributed by atoms with van der Waals surface area (Å²) in [5.41, 5.74) is 6.52. The van der Waals surface area contributed by atoms with Gasteiger partial charge in [-0.25, -0.2) is 4.98 Å². The van der Waals surface area contributed by atoms with Crippen molar-refractivity contribution in [1.29, 1.82) is 5.26 Å². The fourth-order valence-corrected chi connectivity index (χ4v) is 1.80. The maximum absolute atomic E-state index is 8.80. The van der Waals surface area contributed by atoms with Crippen LogP contribution in [-0.4, -0.2) is 18.1 Å². The molecular formula is C11H15BrN4. The lowest BCUT2D eigenvalue weighted by atomic mass is 10.2. The number of hydrogen-bond donors (Lipinski definition) is 1. The summed E-state index contributed by atoms with van der Waals surface area (Å²) in [6.07, 6.45) is 1.71. The molecule has 1 rings (SSSR count). The van der Waals surface area contributed by atoms with Gasteiger partial charge in [-0.15, -0.1) is 0 Å². The van der Waals surface area contributed by atoms with Crippen LogP contribution in [0.4, 0.5) is 11.5 Å². The number of rotatable bonds is 4. The molecular weight excluding hydrogens is 268 g/mol. The number of nitrogen functional groups attached to an aromatic ring is 1. The fraction of sp³-hybridized carbons (Fsp3) is 0.455. The van der Waals surface area contributed by atoms with E-state index >= 15 is 0 Å². The van der Waals surface area contributed by atoms with Crippen LogP contribution in [0.25, 0.3) is 0 Å². The van der Waals surface area contributed by atoms with E-state index in [4.69, 9.17) is 11.0 Å². The Hall–Kier alpha value is -1.28. The Kier molecular flexibility index (Phi) is 4.56. The third-order valence-electron chi connectivity index (χ3n) is 2.26. The third kappa shape index (κ3) is 3.11. The van der Waals surface area contributed by atoms with Crippen LogP contribution in [-0.2, 0) is 0 Å². The average molecular weight is 283 g/mol. The molecule has 2 N–H and O–H groups in total. The Balaban J connectivity index is 2.91. The first kappa shape index (κ1) is 12.8. The van der Waals surface area contributed by atoms with E-state index in [0.717, 1.165) is 16.8 Å². The zero-order valence-corrected chi connectivity index (χ0v) is 11.0. The van der Waals surface area contributed by atoms with Crippen molar-refractivity contribution in [1.82, 2.24) is 4.98 Å². The molecule has 5 heteroatoms. The summed E-state index contributed by atoms with van der Waals surface area (Å²) in [7, 11) is 0. The van der Waals surface area contributed by atoms with Crippen molar-refractivity contribution in [2.75, 3.05) is 23.7 Å². The fourth-order valence-electron chi connectivity index (χ4n) is 1.45. The Morgan fingerprint density at radius 2 is 2.38 bits per heavy atom. The molecule has 1 unspecified atom stereocenters. The lowest BCUT2D eigenvalue weighted by Gasteiger charge is -2.24. The number of nitriles is 1. The molecule has 0 saturated carbocycles. The molecule has 1 heterocycles. The molecule has 1 atom stereocenters. The second kappa shape index (κ2) is 5.71. The number of pyridine rings is 1. The summed E-state index contributed by atoms with van der Waals surface area (Å²) in [5, 5.41) is 8.80. The summed E-state index contributed by atoms with van der Waals surface area (Å²) < 4.78 is 0.859. The SMILES string of the molecule is CCN(CC(C)C#N)c1ncc(Br)cc1N. The Labute approximate surface area is 104 Å². The van der Waals surface area contributed by atoms with Gasteiger partial charge in [-0.2, -0.15) is 5.26 Å².